The number of rotatable bonds is 3. The minimum absolute atomic E-state index is 0.0344. The van der Waals surface area contributed by atoms with E-state index in [-0.39, 0.29) is 18.3 Å². The van der Waals surface area contributed by atoms with Gasteiger partial charge in [-0.05, 0) is 11.6 Å². The van der Waals surface area contributed by atoms with Crippen molar-refractivity contribution in [3.8, 4) is 0 Å². The molecule has 5 nitrogen and oxygen atoms in total. The van der Waals surface area contributed by atoms with Gasteiger partial charge in [-0.15, -0.1) is 0 Å². The molecule has 0 fully saturated rings. The molecule has 0 saturated heterocycles. The summed E-state index contributed by atoms with van der Waals surface area (Å²) >= 11 is 0. The van der Waals surface area contributed by atoms with E-state index >= 15 is 0 Å². The average Bonchev–Trinajstić information content (AvgIpc) is 2.74. The zero-order valence-electron chi connectivity index (χ0n) is 8.27. The third-order valence-electron chi connectivity index (χ3n) is 1.98. The van der Waals surface area contributed by atoms with Crippen molar-refractivity contribution in [1.29, 1.82) is 0 Å². The molecule has 0 unspecified atom stereocenters. The van der Waals surface area contributed by atoms with Crippen LogP contribution in [0.15, 0.2) is 30.6 Å². The van der Waals surface area contributed by atoms with E-state index in [4.69, 9.17) is 0 Å². The summed E-state index contributed by atoms with van der Waals surface area (Å²) < 4.78 is 13.2. The Balaban J connectivity index is 2.00. The molecule has 0 spiro atoms. The number of hydrogen-bond donors (Lipinski definition) is 2. The molecule has 0 aliphatic carbocycles. The fourth-order valence-electron chi connectivity index (χ4n) is 1.26. The van der Waals surface area contributed by atoms with E-state index in [0.29, 0.717) is 5.56 Å². The molecular formula is C10H9FN4O. The van der Waals surface area contributed by atoms with Gasteiger partial charge >= 0.3 is 0 Å². The van der Waals surface area contributed by atoms with E-state index < -0.39 is 5.82 Å². The monoisotopic (exact) mass is 220 g/mol. The van der Waals surface area contributed by atoms with Crippen LogP contribution in [-0.4, -0.2) is 21.1 Å². The molecule has 16 heavy (non-hydrogen) atoms. The van der Waals surface area contributed by atoms with Crippen LogP contribution in [0.3, 0.4) is 0 Å². The predicted octanol–water partition coefficient (Wildman–Crippen LogP) is 1.12. The Bertz CT molecular complexity index is 483. The van der Waals surface area contributed by atoms with Crippen molar-refractivity contribution < 1.29 is 9.18 Å². The lowest BCUT2D eigenvalue weighted by molar-refractivity contribution is -0.115. The van der Waals surface area contributed by atoms with Crippen LogP contribution >= 0.6 is 0 Å². The summed E-state index contributed by atoms with van der Waals surface area (Å²) in [5.41, 5.74) is 0.347. The zero-order chi connectivity index (χ0) is 11.4. The third-order valence-corrected chi connectivity index (χ3v) is 1.98. The fourth-order valence-corrected chi connectivity index (χ4v) is 1.26. The number of aromatic amines is 1. The highest BCUT2D eigenvalue weighted by Crippen LogP contribution is 2.07. The Labute approximate surface area is 90.7 Å². The lowest BCUT2D eigenvalue weighted by Crippen LogP contribution is -2.16. The quantitative estimate of drug-likeness (QED) is 0.814. The van der Waals surface area contributed by atoms with Crippen LogP contribution in [0.1, 0.15) is 5.56 Å². The van der Waals surface area contributed by atoms with Crippen LogP contribution in [0.4, 0.5) is 10.3 Å². The summed E-state index contributed by atoms with van der Waals surface area (Å²) in [6, 6.07) is 6.14. The Morgan fingerprint density at radius 1 is 1.44 bits per heavy atom. The van der Waals surface area contributed by atoms with Gasteiger partial charge in [-0.25, -0.2) is 9.49 Å². The van der Waals surface area contributed by atoms with E-state index in [1.165, 1.54) is 12.4 Å². The van der Waals surface area contributed by atoms with Gasteiger partial charge in [0.1, 0.15) is 12.1 Å². The van der Waals surface area contributed by atoms with Crippen LogP contribution in [-0.2, 0) is 11.2 Å². The molecule has 82 valence electrons. The first kappa shape index (κ1) is 10.3. The largest absolute Gasteiger partial charge is 0.295 e. The van der Waals surface area contributed by atoms with Crippen LogP contribution in [0.25, 0.3) is 0 Å². The summed E-state index contributed by atoms with van der Waals surface area (Å²) in [4.78, 5) is 15.2. The van der Waals surface area contributed by atoms with Gasteiger partial charge in [0.05, 0.1) is 6.42 Å². The smallest absolute Gasteiger partial charge is 0.231 e. The molecule has 2 aromatic rings. The number of halogens is 1. The summed E-state index contributed by atoms with van der Waals surface area (Å²) in [6.07, 6.45) is 1.24. The van der Waals surface area contributed by atoms with E-state index in [0.717, 1.165) is 0 Å². The number of nitrogens with zero attached hydrogens (tertiary/aromatic N) is 2. The molecule has 1 amide bonds. The van der Waals surface area contributed by atoms with E-state index in [1.54, 1.807) is 18.2 Å². The predicted molar refractivity (Wildman–Crippen MR) is 55.1 cm³/mol. The number of anilines is 1. The molecule has 0 saturated carbocycles. The highest BCUT2D eigenvalue weighted by Gasteiger charge is 2.08. The number of H-pyrrole nitrogens is 1. The number of amides is 1. The molecule has 0 radical (unpaired) electrons. The Morgan fingerprint density at radius 2 is 2.25 bits per heavy atom. The van der Waals surface area contributed by atoms with Gasteiger partial charge in [-0.1, -0.05) is 18.2 Å². The molecule has 1 aromatic carbocycles. The first-order valence-corrected chi connectivity index (χ1v) is 4.64. The topological polar surface area (TPSA) is 70.7 Å². The number of carbonyl (C=O) groups excluding carboxylic acids is 1. The van der Waals surface area contributed by atoms with E-state index in [9.17, 15) is 9.18 Å². The molecule has 0 bridgehead atoms. The van der Waals surface area contributed by atoms with Crippen molar-refractivity contribution in [2.75, 3.05) is 5.32 Å². The van der Waals surface area contributed by atoms with Gasteiger partial charge in [0.2, 0.25) is 11.9 Å². The third kappa shape index (κ3) is 2.41. The van der Waals surface area contributed by atoms with Crippen molar-refractivity contribution in [1.82, 2.24) is 15.2 Å². The fraction of sp³-hybridized carbons (Fsp3) is 0.100. The molecular weight excluding hydrogens is 211 g/mol. The maximum Gasteiger partial charge on any atom is 0.231 e. The van der Waals surface area contributed by atoms with Crippen LogP contribution in [0, 0.1) is 5.82 Å². The summed E-state index contributed by atoms with van der Waals surface area (Å²) in [5.74, 6) is -0.488. The molecule has 1 aromatic heterocycles. The van der Waals surface area contributed by atoms with Gasteiger partial charge in [0.15, 0.2) is 0 Å². The van der Waals surface area contributed by atoms with Crippen molar-refractivity contribution in [2.45, 2.75) is 6.42 Å². The minimum atomic E-state index is -0.393. The van der Waals surface area contributed by atoms with Gasteiger partial charge < -0.3 is 0 Å². The maximum atomic E-state index is 13.2. The van der Waals surface area contributed by atoms with Crippen molar-refractivity contribution in [3.63, 3.8) is 0 Å². The van der Waals surface area contributed by atoms with Crippen molar-refractivity contribution in [2.24, 2.45) is 0 Å². The number of carbonyl (C=O) groups is 1. The van der Waals surface area contributed by atoms with Gasteiger partial charge in [0.25, 0.3) is 0 Å². The normalized spacial score (nSPS) is 10.1. The highest BCUT2D eigenvalue weighted by atomic mass is 19.1. The van der Waals surface area contributed by atoms with Crippen LogP contribution in [0.5, 0.6) is 0 Å². The maximum absolute atomic E-state index is 13.2. The lowest BCUT2D eigenvalue weighted by Gasteiger charge is -2.02. The van der Waals surface area contributed by atoms with E-state index in [1.807, 2.05) is 0 Å². The standard InChI is InChI=1S/C10H9FN4O/c11-8-4-2-1-3-7(8)5-9(16)14-10-12-6-13-15-10/h1-4,6H,5H2,(H2,12,13,14,15,16). The second kappa shape index (κ2) is 4.52. The first-order valence-electron chi connectivity index (χ1n) is 4.64. The SMILES string of the molecule is O=C(Cc1ccccc1F)Nc1ncn[nH]1. The Morgan fingerprint density at radius 3 is 2.94 bits per heavy atom. The Kier molecular flexibility index (Phi) is 2.90. The summed E-state index contributed by atoms with van der Waals surface area (Å²) in [5, 5.41) is 8.52. The number of benzene rings is 1. The molecule has 1 heterocycles. The molecule has 0 aliphatic rings. The molecule has 2 N–H and O–H groups in total. The molecule has 2 rings (SSSR count). The van der Waals surface area contributed by atoms with Crippen molar-refractivity contribution >= 4 is 11.9 Å². The number of aromatic nitrogens is 3. The van der Waals surface area contributed by atoms with Crippen molar-refractivity contribution in [3.05, 3.63) is 42.0 Å². The van der Waals surface area contributed by atoms with Gasteiger partial charge in [-0.3, -0.25) is 10.1 Å². The lowest BCUT2D eigenvalue weighted by atomic mass is 10.1. The van der Waals surface area contributed by atoms with E-state index in [2.05, 4.69) is 20.5 Å². The second-order valence-electron chi connectivity index (χ2n) is 3.15. The number of nitrogens with one attached hydrogen (secondary N) is 2. The van der Waals surface area contributed by atoms with Gasteiger partial charge in [0, 0.05) is 0 Å². The average molecular weight is 220 g/mol. The highest BCUT2D eigenvalue weighted by molar-refractivity contribution is 5.90. The summed E-state index contributed by atoms with van der Waals surface area (Å²) in [7, 11) is 0. The molecule has 6 heteroatoms. The minimum Gasteiger partial charge on any atom is -0.295 e. The zero-order valence-corrected chi connectivity index (χ0v) is 8.27. The molecule has 0 atom stereocenters. The number of hydrogen-bond acceptors (Lipinski definition) is 3. The summed E-state index contributed by atoms with van der Waals surface area (Å²) in [6.45, 7) is 0. The van der Waals surface area contributed by atoms with Gasteiger partial charge in [-0.2, -0.15) is 10.1 Å². The van der Waals surface area contributed by atoms with Crippen LogP contribution in [0.2, 0.25) is 0 Å². The first-order chi connectivity index (χ1) is 7.75. The second-order valence-corrected chi connectivity index (χ2v) is 3.15. The molecule has 0 aliphatic heterocycles. The Hall–Kier alpha value is -2.24. The van der Waals surface area contributed by atoms with Crippen LogP contribution < -0.4 is 5.32 Å².